The fraction of sp³-hybridized carbons (Fsp3) is 0.158. The molecular formula is C19H16Cl2N2O2S. The van der Waals surface area contributed by atoms with Gasteiger partial charge in [-0.25, -0.2) is 0 Å². The molecule has 1 amide bonds. The van der Waals surface area contributed by atoms with Gasteiger partial charge in [0.15, 0.2) is 5.82 Å². The Morgan fingerprint density at radius 2 is 1.81 bits per heavy atom. The number of aryl methyl sites for hydroxylation is 1. The maximum atomic E-state index is 12.2. The number of hydrogen-bond donors (Lipinski definition) is 1. The Morgan fingerprint density at radius 3 is 2.42 bits per heavy atom. The van der Waals surface area contributed by atoms with E-state index < -0.39 is 0 Å². The number of halogens is 2. The van der Waals surface area contributed by atoms with Crippen molar-refractivity contribution in [1.29, 1.82) is 0 Å². The quantitative estimate of drug-likeness (QED) is 0.547. The Bertz CT molecular complexity index is 890. The molecule has 1 aromatic heterocycles. The highest BCUT2D eigenvalue weighted by Gasteiger charge is 2.09. The van der Waals surface area contributed by atoms with Crippen LogP contribution in [-0.4, -0.2) is 11.1 Å². The van der Waals surface area contributed by atoms with Crippen molar-refractivity contribution in [3.63, 3.8) is 0 Å². The van der Waals surface area contributed by atoms with E-state index in [0.29, 0.717) is 27.2 Å². The molecule has 0 fully saturated rings. The van der Waals surface area contributed by atoms with E-state index in [-0.39, 0.29) is 5.91 Å². The largest absolute Gasteiger partial charge is 0.360 e. The zero-order valence-electron chi connectivity index (χ0n) is 14.0. The maximum absolute atomic E-state index is 12.2. The third-order valence-electron chi connectivity index (χ3n) is 3.66. The van der Waals surface area contributed by atoms with Gasteiger partial charge in [0.1, 0.15) is 5.76 Å². The van der Waals surface area contributed by atoms with Gasteiger partial charge < -0.3 is 9.84 Å². The van der Waals surface area contributed by atoms with Crippen molar-refractivity contribution in [1.82, 2.24) is 5.16 Å². The highest BCUT2D eigenvalue weighted by molar-refractivity contribution is 7.97. The summed E-state index contributed by atoms with van der Waals surface area (Å²) < 4.78 is 4.93. The molecule has 134 valence electrons. The predicted octanol–water partition coefficient (Wildman–Crippen LogP) is 5.98. The van der Waals surface area contributed by atoms with Crippen LogP contribution in [0.5, 0.6) is 0 Å². The zero-order chi connectivity index (χ0) is 18.5. The molecule has 0 radical (unpaired) electrons. The summed E-state index contributed by atoms with van der Waals surface area (Å²) in [5.74, 6) is 2.36. The average Bonchev–Trinajstić information content (AvgIpc) is 3.03. The van der Waals surface area contributed by atoms with E-state index in [0.717, 1.165) is 22.6 Å². The summed E-state index contributed by atoms with van der Waals surface area (Å²) in [6, 6.07) is 14.6. The summed E-state index contributed by atoms with van der Waals surface area (Å²) in [6.07, 6.45) is 0. The lowest BCUT2D eigenvalue weighted by Crippen LogP contribution is -2.11. The number of carbonyl (C=O) groups is 1. The minimum Gasteiger partial charge on any atom is -0.360 e. The Hall–Kier alpha value is -1.95. The number of rotatable bonds is 6. The van der Waals surface area contributed by atoms with Gasteiger partial charge in [-0.15, -0.1) is 0 Å². The van der Waals surface area contributed by atoms with Crippen molar-refractivity contribution >= 4 is 46.7 Å². The van der Waals surface area contributed by atoms with Crippen LogP contribution >= 0.6 is 35.0 Å². The first kappa shape index (κ1) is 18.8. The van der Waals surface area contributed by atoms with Gasteiger partial charge in [0, 0.05) is 33.2 Å². The van der Waals surface area contributed by atoms with Crippen LogP contribution in [-0.2, 0) is 11.5 Å². The number of nitrogens with one attached hydrogen (secondary N) is 1. The van der Waals surface area contributed by atoms with Crippen molar-refractivity contribution in [3.05, 3.63) is 81.0 Å². The lowest BCUT2D eigenvalue weighted by Gasteiger charge is -2.07. The standard InChI is InChI=1S/C19H16Cl2N2O2S/c1-12-9-18(23-25-12)22-19(24)14-7-5-13(6-8-14)10-26-11-15-16(20)3-2-4-17(15)21/h2-9H,10-11H2,1H3,(H,22,23,24). The van der Waals surface area contributed by atoms with Crippen LogP contribution in [0.25, 0.3) is 0 Å². The molecule has 3 aromatic rings. The normalized spacial score (nSPS) is 10.7. The molecule has 0 aliphatic heterocycles. The molecule has 1 heterocycles. The second-order valence-corrected chi connectivity index (χ2v) is 7.47. The van der Waals surface area contributed by atoms with Gasteiger partial charge >= 0.3 is 0 Å². The molecule has 0 saturated heterocycles. The molecule has 0 unspecified atom stereocenters. The SMILES string of the molecule is Cc1cc(NC(=O)c2ccc(CSCc3c(Cl)cccc3Cl)cc2)no1. The van der Waals surface area contributed by atoms with Gasteiger partial charge in [0.05, 0.1) is 0 Å². The average molecular weight is 407 g/mol. The van der Waals surface area contributed by atoms with E-state index in [1.54, 1.807) is 36.9 Å². The van der Waals surface area contributed by atoms with Gasteiger partial charge in [-0.2, -0.15) is 11.8 Å². The van der Waals surface area contributed by atoms with Crippen LogP contribution in [0, 0.1) is 6.92 Å². The number of nitrogens with zero attached hydrogens (tertiary/aromatic N) is 1. The van der Waals surface area contributed by atoms with Crippen LogP contribution in [0.15, 0.2) is 53.1 Å². The summed E-state index contributed by atoms with van der Waals surface area (Å²) in [5.41, 5.74) is 2.63. The van der Waals surface area contributed by atoms with E-state index in [1.165, 1.54) is 0 Å². The van der Waals surface area contributed by atoms with Gasteiger partial charge in [0.2, 0.25) is 0 Å². The molecule has 0 bridgehead atoms. The first-order valence-electron chi connectivity index (χ1n) is 7.87. The van der Waals surface area contributed by atoms with Gasteiger partial charge in [0.25, 0.3) is 5.91 Å². The molecule has 0 aliphatic carbocycles. The monoisotopic (exact) mass is 406 g/mol. The molecule has 0 aliphatic rings. The second kappa shape index (κ2) is 8.62. The van der Waals surface area contributed by atoms with E-state index in [4.69, 9.17) is 27.7 Å². The van der Waals surface area contributed by atoms with Crippen molar-refractivity contribution in [2.24, 2.45) is 0 Å². The molecule has 7 heteroatoms. The maximum Gasteiger partial charge on any atom is 0.256 e. The fourth-order valence-electron chi connectivity index (χ4n) is 2.31. The molecule has 0 atom stereocenters. The first-order chi connectivity index (χ1) is 12.5. The summed E-state index contributed by atoms with van der Waals surface area (Å²) in [4.78, 5) is 12.2. The number of thioether (sulfide) groups is 1. The number of carbonyl (C=O) groups excluding carboxylic acids is 1. The molecule has 3 rings (SSSR count). The molecule has 1 N–H and O–H groups in total. The molecular weight excluding hydrogens is 391 g/mol. The summed E-state index contributed by atoms with van der Waals surface area (Å²) in [7, 11) is 0. The number of hydrogen-bond acceptors (Lipinski definition) is 4. The van der Waals surface area contributed by atoms with Crippen molar-refractivity contribution in [3.8, 4) is 0 Å². The summed E-state index contributed by atoms with van der Waals surface area (Å²) in [6.45, 7) is 1.77. The number of amides is 1. The smallest absolute Gasteiger partial charge is 0.256 e. The molecule has 4 nitrogen and oxygen atoms in total. The topological polar surface area (TPSA) is 55.1 Å². The molecule has 26 heavy (non-hydrogen) atoms. The highest BCUT2D eigenvalue weighted by Crippen LogP contribution is 2.29. The lowest BCUT2D eigenvalue weighted by molar-refractivity contribution is 0.102. The second-order valence-electron chi connectivity index (χ2n) is 5.67. The third kappa shape index (κ3) is 4.81. The predicted molar refractivity (Wildman–Crippen MR) is 107 cm³/mol. The van der Waals surface area contributed by atoms with Crippen LogP contribution in [0.2, 0.25) is 10.0 Å². The molecule has 0 saturated carbocycles. The Balaban J connectivity index is 1.55. The van der Waals surface area contributed by atoms with Gasteiger partial charge in [-0.05, 0) is 42.3 Å². The highest BCUT2D eigenvalue weighted by atomic mass is 35.5. The van der Waals surface area contributed by atoms with E-state index in [2.05, 4.69) is 10.5 Å². The van der Waals surface area contributed by atoms with Crippen molar-refractivity contribution in [2.45, 2.75) is 18.4 Å². The first-order valence-corrected chi connectivity index (χ1v) is 9.78. The van der Waals surface area contributed by atoms with E-state index >= 15 is 0 Å². The van der Waals surface area contributed by atoms with Crippen molar-refractivity contribution in [2.75, 3.05) is 5.32 Å². The Kier molecular flexibility index (Phi) is 6.25. The van der Waals surface area contributed by atoms with E-state index in [1.807, 2.05) is 30.3 Å². The summed E-state index contributed by atoms with van der Waals surface area (Å²) in [5, 5.41) is 7.81. The molecule has 0 spiro atoms. The van der Waals surface area contributed by atoms with Crippen LogP contribution in [0.4, 0.5) is 5.82 Å². The number of benzene rings is 2. The van der Waals surface area contributed by atoms with E-state index in [9.17, 15) is 4.79 Å². The van der Waals surface area contributed by atoms with Crippen LogP contribution < -0.4 is 5.32 Å². The zero-order valence-corrected chi connectivity index (χ0v) is 16.3. The number of aromatic nitrogens is 1. The lowest BCUT2D eigenvalue weighted by atomic mass is 10.1. The molecule has 2 aromatic carbocycles. The minimum absolute atomic E-state index is 0.222. The Morgan fingerprint density at radius 1 is 1.12 bits per heavy atom. The van der Waals surface area contributed by atoms with Crippen LogP contribution in [0.1, 0.15) is 27.2 Å². The Labute approximate surface area is 165 Å². The van der Waals surface area contributed by atoms with Crippen LogP contribution in [0.3, 0.4) is 0 Å². The van der Waals surface area contributed by atoms with Gasteiger partial charge in [-0.3, -0.25) is 4.79 Å². The summed E-state index contributed by atoms with van der Waals surface area (Å²) >= 11 is 14.1. The minimum atomic E-state index is -0.222. The third-order valence-corrected chi connectivity index (χ3v) is 5.40. The van der Waals surface area contributed by atoms with Gasteiger partial charge in [-0.1, -0.05) is 46.6 Å². The fourth-order valence-corrected chi connectivity index (χ4v) is 4.04. The van der Waals surface area contributed by atoms with Crippen molar-refractivity contribution < 1.29 is 9.32 Å². The number of anilines is 1.